The average Bonchev–Trinajstić information content (AvgIpc) is 3.14. The van der Waals surface area contributed by atoms with Gasteiger partial charge in [0.2, 0.25) is 5.91 Å². The maximum absolute atomic E-state index is 12.6. The Balaban J connectivity index is 1.51. The SMILES string of the molecule is CNC1CCC(C(=O)Nc2cc3cc(-c4cnc(C)o4)ccc3cn2)CC1. The first-order valence-corrected chi connectivity index (χ1v) is 9.43. The van der Waals surface area contributed by atoms with Gasteiger partial charge in [-0.15, -0.1) is 0 Å². The summed E-state index contributed by atoms with van der Waals surface area (Å²) < 4.78 is 5.61. The van der Waals surface area contributed by atoms with Crippen LogP contribution in [-0.2, 0) is 4.79 Å². The van der Waals surface area contributed by atoms with E-state index >= 15 is 0 Å². The maximum Gasteiger partial charge on any atom is 0.228 e. The summed E-state index contributed by atoms with van der Waals surface area (Å²) in [7, 11) is 1.98. The molecule has 140 valence electrons. The zero-order valence-corrected chi connectivity index (χ0v) is 15.7. The fourth-order valence-electron chi connectivity index (χ4n) is 3.73. The normalized spacial score (nSPS) is 19.9. The Morgan fingerprint density at radius 2 is 1.89 bits per heavy atom. The van der Waals surface area contributed by atoms with Crippen LogP contribution >= 0.6 is 0 Å². The number of aromatic nitrogens is 2. The number of amides is 1. The van der Waals surface area contributed by atoms with Gasteiger partial charge >= 0.3 is 0 Å². The number of nitrogens with zero attached hydrogens (tertiary/aromatic N) is 2. The number of hydrogen-bond donors (Lipinski definition) is 2. The summed E-state index contributed by atoms with van der Waals surface area (Å²) in [5, 5.41) is 8.31. The van der Waals surface area contributed by atoms with Crippen LogP contribution in [0.25, 0.3) is 22.1 Å². The average molecular weight is 364 g/mol. The van der Waals surface area contributed by atoms with E-state index in [1.54, 1.807) is 12.4 Å². The van der Waals surface area contributed by atoms with Crippen molar-refractivity contribution in [3.63, 3.8) is 0 Å². The van der Waals surface area contributed by atoms with E-state index in [4.69, 9.17) is 4.42 Å². The predicted molar refractivity (Wildman–Crippen MR) is 105 cm³/mol. The molecule has 0 aliphatic heterocycles. The minimum Gasteiger partial charge on any atom is -0.441 e. The molecule has 4 rings (SSSR count). The molecule has 3 aromatic rings. The summed E-state index contributed by atoms with van der Waals surface area (Å²) in [6.07, 6.45) is 7.43. The van der Waals surface area contributed by atoms with Crippen LogP contribution < -0.4 is 10.6 Å². The predicted octanol–water partition coefficient (Wildman–Crippen LogP) is 3.91. The minimum absolute atomic E-state index is 0.0654. The van der Waals surface area contributed by atoms with Crippen LogP contribution in [0.3, 0.4) is 0 Å². The summed E-state index contributed by atoms with van der Waals surface area (Å²) in [4.78, 5) is 21.1. The number of carbonyl (C=O) groups is 1. The number of benzene rings is 1. The largest absolute Gasteiger partial charge is 0.441 e. The fraction of sp³-hybridized carbons (Fsp3) is 0.381. The van der Waals surface area contributed by atoms with Gasteiger partial charge in [0.15, 0.2) is 11.7 Å². The lowest BCUT2D eigenvalue weighted by atomic mass is 9.85. The molecule has 0 atom stereocenters. The van der Waals surface area contributed by atoms with E-state index in [9.17, 15) is 4.79 Å². The molecule has 2 heterocycles. The lowest BCUT2D eigenvalue weighted by molar-refractivity contribution is -0.120. The fourth-order valence-corrected chi connectivity index (χ4v) is 3.73. The second kappa shape index (κ2) is 7.48. The second-order valence-corrected chi connectivity index (χ2v) is 7.20. The van der Waals surface area contributed by atoms with Crippen LogP contribution in [0.5, 0.6) is 0 Å². The number of nitrogens with one attached hydrogen (secondary N) is 2. The van der Waals surface area contributed by atoms with Crippen molar-refractivity contribution in [2.75, 3.05) is 12.4 Å². The molecular weight excluding hydrogens is 340 g/mol. The third-order valence-corrected chi connectivity index (χ3v) is 5.39. The van der Waals surface area contributed by atoms with Gasteiger partial charge in [0, 0.05) is 36.0 Å². The monoisotopic (exact) mass is 364 g/mol. The molecule has 1 aliphatic rings. The maximum atomic E-state index is 12.6. The molecule has 0 radical (unpaired) electrons. The number of rotatable bonds is 4. The highest BCUT2D eigenvalue weighted by molar-refractivity contribution is 5.94. The van der Waals surface area contributed by atoms with Crippen molar-refractivity contribution in [3.8, 4) is 11.3 Å². The van der Waals surface area contributed by atoms with Gasteiger partial charge in [-0.1, -0.05) is 12.1 Å². The number of anilines is 1. The van der Waals surface area contributed by atoms with Crippen molar-refractivity contribution in [1.29, 1.82) is 0 Å². The molecule has 1 aliphatic carbocycles. The smallest absolute Gasteiger partial charge is 0.228 e. The Kier molecular flexibility index (Phi) is 4.90. The molecule has 0 bridgehead atoms. The zero-order chi connectivity index (χ0) is 18.8. The van der Waals surface area contributed by atoms with Crippen molar-refractivity contribution in [2.24, 2.45) is 5.92 Å². The molecule has 6 heteroatoms. The summed E-state index contributed by atoms with van der Waals surface area (Å²) in [5.41, 5.74) is 0.956. The van der Waals surface area contributed by atoms with Gasteiger partial charge in [-0.05, 0) is 50.2 Å². The molecule has 27 heavy (non-hydrogen) atoms. The summed E-state index contributed by atoms with van der Waals surface area (Å²) in [6, 6.07) is 8.47. The standard InChI is InChI=1S/C21H24N4O2/c1-13-23-12-19(27-13)15-3-4-16-11-24-20(10-17(16)9-15)25-21(26)14-5-7-18(22-2)8-6-14/h3-4,9-12,14,18,22H,5-8H2,1-2H3,(H,24,25,26). The molecule has 0 spiro atoms. The first kappa shape index (κ1) is 17.7. The van der Waals surface area contributed by atoms with Crippen LogP contribution in [-0.4, -0.2) is 29.0 Å². The Morgan fingerprint density at radius 1 is 1.07 bits per heavy atom. The van der Waals surface area contributed by atoms with Crippen LogP contribution in [0.2, 0.25) is 0 Å². The van der Waals surface area contributed by atoms with Gasteiger partial charge in [-0.25, -0.2) is 9.97 Å². The molecule has 0 unspecified atom stereocenters. The van der Waals surface area contributed by atoms with Crippen LogP contribution in [0, 0.1) is 12.8 Å². The highest BCUT2D eigenvalue weighted by Crippen LogP contribution is 2.28. The van der Waals surface area contributed by atoms with E-state index in [1.165, 1.54) is 0 Å². The summed E-state index contributed by atoms with van der Waals surface area (Å²) in [5.74, 6) is 2.10. The molecule has 0 saturated heterocycles. The van der Waals surface area contributed by atoms with E-state index in [-0.39, 0.29) is 11.8 Å². The van der Waals surface area contributed by atoms with E-state index in [0.29, 0.717) is 17.8 Å². The molecule has 2 aromatic heterocycles. The topological polar surface area (TPSA) is 80.0 Å². The van der Waals surface area contributed by atoms with Crippen LogP contribution in [0.15, 0.2) is 41.1 Å². The molecule has 1 saturated carbocycles. The quantitative estimate of drug-likeness (QED) is 0.733. The van der Waals surface area contributed by atoms with Gasteiger partial charge in [0.1, 0.15) is 5.82 Å². The van der Waals surface area contributed by atoms with Crippen LogP contribution in [0.1, 0.15) is 31.6 Å². The molecule has 6 nitrogen and oxygen atoms in total. The van der Waals surface area contributed by atoms with Crippen molar-refractivity contribution < 1.29 is 9.21 Å². The number of hydrogen-bond acceptors (Lipinski definition) is 5. The Labute approximate surface area is 158 Å². The molecule has 1 fully saturated rings. The first-order valence-electron chi connectivity index (χ1n) is 9.43. The van der Waals surface area contributed by atoms with Gasteiger partial charge < -0.3 is 15.1 Å². The van der Waals surface area contributed by atoms with Gasteiger partial charge in [0.25, 0.3) is 0 Å². The lowest BCUT2D eigenvalue weighted by Crippen LogP contribution is -2.34. The highest BCUT2D eigenvalue weighted by atomic mass is 16.4. The lowest BCUT2D eigenvalue weighted by Gasteiger charge is -2.27. The molecular formula is C21H24N4O2. The van der Waals surface area contributed by atoms with Crippen molar-refractivity contribution in [3.05, 3.63) is 42.5 Å². The third-order valence-electron chi connectivity index (χ3n) is 5.39. The molecule has 2 N–H and O–H groups in total. The van der Waals surface area contributed by atoms with Crippen LogP contribution in [0.4, 0.5) is 5.82 Å². The van der Waals surface area contributed by atoms with E-state index in [2.05, 4.69) is 20.6 Å². The van der Waals surface area contributed by atoms with E-state index < -0.39 is 0 Å². The van der Waals surface area contributed by atoms with Gasteiger partial charge in [-0.3, -0.25) is 4.79 Å². The Hall–Kier alpha value is -2.73. The van der Waals surface area contributed by atoms with Crippen molar-refractivity contribution in [1.82, 2.24) is 15.3 Å². The summed E-state index contributed by atoms with van der Waals surface area (Å²) >= 11 is 0. The minimum atomic E-state index is 0.0654. The molecule has 1 aromatic carbocycles. The van der Waals surface area contributed by atoms with Gasteiger partial charge in [0.05, 0.1) is 6.20 Å². The molecule has 1 amide bonds. The number of carbonyl (C=O) groups excluding carboxylic acids is 1. The Morgan fingerprint density at radius 3 is 2.59 bits per heavy atom. The number of oxazole rings is 1. The first-order chi connectivity index (χ1) is 13.1. The van der Waals surface area contributed by atoms with Crippen molar-refractivity contribution in [2.45, 2.75) is 38.6 Å². The number of fused-ring (bicyclic) bond motifs is 1. The highest BCUT2D eigenvalue weighted by Gasteiger charge is 2.25. The van der Waals surface area contributed by atoms with E-state index in [0.717, 1.165) is 47.8 Å². The zero-order valence-electron chi connectivity index (χ0n) is 15.7. The Bertz CT molecular complexity index is 958. The van der Waals surface area contributed by atoms with Crippen molar-refractivity contribution >= 4 is 22.5 Å². The number of pyridine rings is 1. The second-order valence-electron chi connectivity index (χ2n) is 7.20. The number of aryl methyl sites for hydroxylation is 1. The van der Waals surface area contributed by atoms with Gasteiger partial charge in [-0.2, -0.15) is 0 Å². The van der Waals surface area contributed by atoms with E-state index in [1.807, 2.05) is 38.2 Å². The third kappa shape index (κ3) is 3.85. The summed E-state index contributed by atoms with van der Waals surface area (Å²) in [6.45, 7) is 1.83.